The molecule has 88 valence electrons. The Kier molecular flexibility index (Phi) is 2.83. The van der Waals surface area contributed by atoms with E-state index < -0.39 is 0 Å². The lowest BCUT2D eigenvalue weighted by Crippen LogP contribution is -2.13. The first-order valence-corrected chi connectivity index (χ1v) is 6.17. The van der Waals surface area contributed by atoms with Crippen molar-refractivity contribution >= 4 is 0 Å². The van der Waals surface area contributed by atoms with E-state index in [0.717, 1.165) is 12.8 Å². The summed E-state index contributed by atoms with van der Waals surface area (Å²) in [5.41, 5.74) is 5.40. The van der Waals surface area contributed by atoms with E-state index in [1.165, 1.54) is 28.7 Å². The van der Waals surface area contributed by atoms with Crippen LogP contribution < -0.4 is 0 Å². The summed E-state index contributed by atoms with van der Waals surface area (Å²) in [6, 6.07) is 4.39. The fourth-order valence-corrected chi connectivity index (χ4v) is 2.87. The van der Waals surface area contributed by atoms with E-state index in [2.05, 4.69) is 39.8 Å². The number of aliphatic hydroxyl groups excluding tert-OH is 1. The smallest absolute Gasteiger partial charge is 0.0798 e. The number of fused-ring (bicyclic) bond motifs is 1. The van der Waals surface area contributed by atoms with Crippen molar-refractivity contribution in [2.75, 3.05) is 0 Å². The van der Waals surface area contributed by atoms with Crippen molar-refractivity contribution < 1.29 is 5.11 Å². The van der Waals surface area contributed by atoms with Gasteiger partial charge in [0, 0.05) is 0 Å². The van der Waals surface area contributed by atoms with Crippen molar-refractivity contribution in [2.24, 2.45) is 5.41 Å². The maximum atomic E-state index is 10.3. The lowest BCUT2D eigenvalue weighted by molar-refractivity contribution is 0.116. The van der Waals surface area contributed by atoms with Gasteiger partial charge < -0.3 is 5.11 Å². The van der Waals surface area contributed by atoms with Crippen LogP contribution in [0, 0.1) is 19.3 Å². The van der Waals surface area contributed by atoms with Crippen LogP contribution in [0.15, 0.2) is 12.1 Å². The van der Waals surface area contributed by atoms with Crippen LogP contribution in [0.3, 0.4) is 0 Å². The van der Waals surface area contributed by atoms with Gasteiger partial charge in [0.15, 0.2) is 0 Å². The highest BCUT2D eigenvalue weighted by molar-refractivity contribution is 5.40. The minimum atomic E-state index is -0.286. The molecule has 0 bridgehead atoms. The van der Waals surface area contributed by atoms with Gasteiger partial charge in [-0.3, -0.25) is 0 Å². The highest BCUT2D eigenvalue weighted by Gasteiger charge is 2.28. The molecule has 0 fully saturated rings. The zero-order valence-corrected chi connectivity index (χ0v) is 10.8. The maximum absolute atomic E-state index is 10.3. The van der Waals surface area contributed by atoms with Crippen LogP contribution in [-0.2, 0) is 6.42 Å². The van der Waals surface area contributed by atoms with E-state index in [-0.39, 0.29) is 11.5 Å². The van der Waals surface area contributed by atoms with E-state index >= 15 is 0 Å². The Morgan fingerprint density at radius 1 is 1.25 bits per heavy atom. The molecule has 1 nitrogen and oxygen atoms in total. The quantitative estimate of drug-likeness (QED) is 0.658. The first-order valence-electron chi connectivity index (χ1n) is 6.17. The van der Waals surface area contributed by atoms with Crippen LogP contribution in [0.1, 0.15) is 55.0 Å². The lowest BCUT2D eigenvalue weighted by atomic mass is 9.84. The van der Waals surface area contributed by atoms with Gasteiger partial charge in [-0.05, 0) is 55.2 Å². The molecule has 1 aliphatic carbocycles. The monoisotopic (exact) mass is 218 g/mol. The summed E-state index contributed by atoms with van der Waals surface area (Å²) in [7, 11) is 0. The summed E-state index contributed by atoms with van der Waals surface area (Å²) in [6.07, 6.45) is 2.86. The molecule has 1 aromatic carbocycles. The molecule has 1 unspecified atom stereocenters. The molecule has 1 aliphatic rings. The van der Waals surface area contributed by atoms with E-state index in [9.17, 15) is 5.11 Å². The van der Waals surface area contributed by atoms with Gasteiger partial charge in [-0.15, -0.1) is 0 Å². The summed E-state index contributed by atoms with van der Waals surface area (Å²) in [4.78, 5) is 0. The van der Waals surface area contributed by atoms with Gasteiger partial charge >= 0.3 is 0 Å². The Morgan fingerprint density at radius 3 is 2.62 bits per heavy atom. The van der Waals surface area contributed by atoms with E-state index in [1.54, 1.807) is 0 Å². The van der Waals surface area contributed by atoms with Crippen LogP contribution in [0.4, 0.5) is 0 Å². The largest absolute Gasteiger partial charge is 0.388 e. The molecule has 2 rings (SSSR count). The van der Waals surface area contributed by atoms with Crippen LogP contribution in [0.2, 0.25) is 0 Å². The van der Waals surface area contributed by atoms with Crippen LogP contribution in [0.25, 0.3) is 0 Å². The third-order valence-electron chi connectivity index (χ3n) is 3.81. The lowest BCUT2D eigenvalue weighted by Gasteiger charge is -2.24. The van der Waals surface area contributed by atoms with Gasteiger partial charge in [0.2, 0.25) is 0 Å². The number of aryl methyl sites for hydroxylation is 2. The SMILES string of the molecule is Cc1cc(C)c2c(c1)C(O)CC(C)(C)CC2. The minimum Gasteiger partial charge on any atom is -0.388 e. The molecule has 16 heavy (non-hydrogen) atoms. The van der Waals surface area contributed by atoms with Gasteiger partial charge in [-0.1, -0.05) is 31.5 Å². The van der Waals surface area contributed by atoms with Gasteiger partial charge in [-0.25, -0.2) is 0 Å². The minimum absolute atomic E-state index is 0.249. The van der Waals surface area contributed by atoms with Gasteiger partial charge in [0.25, 0.3) is 0 Å². The number of hydrogen-bond donors (Lipinski definition) is 1. The van der Waals surface area contributed by atoms with Crippen LogP contribution in [-0.4, -0.2) is 5.11 Å². The molecule has 1 N–H and O–H groups in total. The molecule has 0 radical (unpaired) electrons. The molecule has 1 aromatic rings. The number of benzene rings is 1. The summed E-state index contributed by atoms with van der Waals surface area (Å²) < 4.78 is 0. The second-order valence-corrected chi connectivity index (χ2v) is 6.03. The van der Waals surface area contributed by atoms with Crippen molar-refractivity contribution in [1.82, 2.24) is 0 Å². The average Bonchev–Trinajstić information content (AvgIpc) is 2.23. The second kappa shape index (κ2) is 3.89. The molecular formula is C15H22O. The predicted octanol–water partition coefficient (Wildman–Crippen LogP) is 3.70. The Morgan fingerprint density at radius 2 is 1.94 bits per heavy atom. The first kappa shape index (κ1) is 11.7. The molecule has 0 aliphatic heterocycles. The zero-order valence-electron chi connectivity index (χ0n) is 10.8. The Balaban J connectivity index is 2.49. The molecule has 0 heterocycles. The van der Waals surface area contributed by atoms with Gasteiger partial charge in [-0.2, -0.15) is 0 Å². The standard InChI is InChI=1S/C15H22O/c1-10-7-11(2)12-5-6-15(3,4)9-14(16)13(12)8-10/h7-8,14,16H,5-6,9H2,1-4H3. The molecule has 0 saturated carbocycles. The summed E-state index contributed by atoms with van der Waals surface area (Å²) in [5, 5.41) is 10.3. The van der Waals surface area contributed by atoms with E-state index in [4.69, 9.17) is 0 Å². The van der Waals surface area contributed by atoms with Crippen molar-refractivity contribution in [3.05, 3.63) is 34.4 Å². The number of hydrogen-bond acceptors (Lipinski definition) is 1. The van der Waals surface area contributed by atoms with E-state index in [1.807, 2.05) is 0 Å². The molecule has 1 atom stereocenters. The molecule has 0 spiro atoms. The summed E-state index contributed by atoms with van der Waals surface area (Å²) >= 11 is 0. The van der Waals surface area contributed by atoms with Gasteiger partial charge in [0.1, 0.15) is 0 Å². The molecule has 0 saturated heterocycles. The normalized spacial score (nSPS) is 23.7. The Labute approximate surface area is 98.5 Å². The van der Waals surface area contributed by atoms with Crippen LogP contribution >= 0.6 is 0 Å². The Bertz CT molecular complexity index is 404. The fourth-order valence-electron chi connectivity index (χ4n) is 2.87. The van der Waals surface area contributed by atoms with Crippen molar-refractivity contribution in [3.63, 3.8) is 0 Å². The number of aliphatic hydroxyl groups is 1. The molecule has 1 heteroatoms. The highest BCUT2D eigenvalue weighted by Crippen LogP contribution is 2.40. The first-order chi connectivity index (χ1) is 7.39. The summed E-state index contributed by atoms with van der Waals surface area (Å²) in [6.45, 7) is 8.78. The van der Waals surface area contributed by atoms with Crippen LogP contribution in [0.5, 0.6) is 0 Å². The topological polar surface area (TPSA) is 20.2 Å². The summed E-state index contributed by atoms with van der Waals surface area (Å²) in [5.74, 6) is 0. The third-order valence-corrected chi connectivity index (χ3v) is 3.81. The molecule has 0 amide bonds. The third kappa shape index (κ3) is 2.15. The van der Waals surface area contributed by atoms with Crippen molar-refractivity contribution in [3.8, 4) is 0 Å². The molecule has 0 aromatic heterocycles. The zero-order chi connectivity index (χ0) is 11.9. The highest BCUT2D eigenvalue weighted by atomic mass is 16.3. The van der Waals surface area contributed by atoms with Crippen molar-refractivity contribution in [2.45, 2.75) is 53.1 Å². The average molecular weight is 218 g/mol. The second-order valence-electron chi connectivity index (χ2n) is 6.03. The molecular weight excluding hydrogens is 196 g/mol. The van der Waals surface area contributed by atoms with E-state index in [0.29, 0.717) is 0 Å². The predicted molar refractivity (Wildman–Crippen MR) is 67.6 cm³/mol. The van der Waals surface area contributed by atoms with Gasteiger partial charge in [0.05, 0.1) is 6.10 Å². The fraction of sp³-hybridized carbons (Fsp3) is 0.600. The number of rotatable bonds is 0. The maximum Gasteiger partial charge on any atom is 0.0798 e. The Hall–Kier alpha value is -0.820. The van der Waals surface area contributed by atoms with Crippen molar-refractivity contribution in [1.29, 1.82) is 0 Å².